The standard InChI is InChI=1S/C27H29Cl2N3O5S/c1-18-13-14-25(37-4)24(15-18)32(38(35,36)20-9-6-5-7-10-20)17-26(33)31(19(2)27(34)30-3)16-21-22(28)11-8-12-23(21)29/h5-15,19H,16-17H2,1-4H3,(H,30,34)/t19-/m1/s1. The van der Waals surface area contributed by atoms with Gasteiger partial charge in [-0.2, -0.15) is 0 Å². The van der Waals surface area contributed by atoms with Gasteiger partial charge >= 0.3 is 0 Å². The van der Waals surface area contributed by atoms with Crippen molar-refractivity contribution < 1.29 is 22.7 Å². The van der Waals surface area contributed by atoms with Crippen LogP contribution in [0.3, 0.4) is 0 Å². The van der Waals surface area contributed by atoms with Crippen molar-refractivity contribution in [2.45, 2.75) is 31.3 Å². The Hall–Kier alpha value is -3.27. The topological polar surface area (TPSA) is 96.0 Å². The SMILES string of the molecule is CNC(=O)[C@@H](C)N(Cc1c(Cl)cccc1Cl)C(=O)CN(c1cc(C)ccc1OC)S(=O)(=O)c1ccccc1. The van der Waals surface area contributed by atoms with E-state index in [2.05, 4.69) is 5.32 Å². The Morgan fingerprint density at radius 1 is 1.00 bits per heavy atom. The molecule has 0 aliphatic heterocycles. The monoisotopic (exact) mass is 577 g/mol. The maximum atomic E-state index is 13.9. The molecule has 1 N–H and O–H groups in total. The van der Waals surface area contributed by atoms with Crippen LogP contribution >= 0.6 is 23.2 Å². The number of methoxy groups -OCH3 is 1. The van der Waals surface area contributed by atoms with Crippen LogP contribution in [-0.4, -0.2) is 51.9 Å². The van der Waals surface area contributed by atoms with Crippen LogP contribution in [0.4, 0.5) is 5.69 Å². The number of rotatable bonds is 10. The molecule has 0 aromatic heterocycles. The Labute approximate surface area is 233 Å². The molecule has 3 aromatic rings. The molecule has 0 heterocycles. The fourth-order valence-corrected chi connectivity index (χ4v) is 5.83. The highest BCUT2D eigenvalue weighted by molar-refractivity contribution is 7.92. The van der Waals surface area contributed by atoms with Gasteiger partial charge < -0.3 is 15.0 Å². The number of sulfonamides is 1. The highest BCUT2D eigenvalue weighted by atomic mass is 35.5. The van der Waals surface area contributed by atoms with Crippen LogP contribution in [0.5, 0.6) is 5.75 Å². The molecule has 2 amide bonds. The van der Waals surface area contributed by atoms with Gasteiger partial charge in [-0.1, -0.05) is 53.5 Å². The molecule has 38 heavy (non-hydrogen) atoms. The molecule has 8 nitrogen and oxygen atoms in total. The number of halogens is 2. The second-order valence-electron chi connectivity index (χ2n) is 8.51. The predicted octanol–water partition coefficient (Wildman–Crippen LogP) is 4.67. The molecule has 1 atom stereocenters. The van der Waals surface area contributed by atoms with Gasteiger partial charge in [-0.05, 0) is 55.8 Å². The van der Waals surface area contributed by atoms with Crippen LogP contribution in [0.25, 0.3) is 0 Å². The van der Waals surface area contributed by atoms with Crippen LogP contribution in [0.15, 0.2) is 71.6 Å². The summed E-state index contributed by atoms with van der Waals surface area (Å²) in [6.45, 7) is 2.62. The van der Waals surface area contributed by atoms with Gasteiger partial charge in [0.25, 0.3) is 10.0 Å². The molecule has 11 heteroatoms. The number of hydrogen-bond acceptors (Lipinski definition) is 5. The van der Waals surface area contributed by atoms with Crippen molar-refractivity contribution in [2.75, 3.05) is 25.0 Å². The van der Waals surface area contributed by atoms with Crippen molar-refractivity contribution in [1.82, 2.24) is 10.2 Å². The lowest BCUT2D eigenvalue weighted by Crippen LogP contribution is -2.50. The van der Waals surface area contributed by atoms with Gasteiger partial charge in [-0.25, -0.2) is 8.42 Å². The summed E-state index contributed by atoms with van der Waals surface area (Å²) in [6, 6.07) is 16.8. The third-order valence-electron chi connectivity index (χ3n) is 6.02. The maximum Gasteiger partial charge on any atom is 0.264 e. The molecule has 0 radical (unpaired) electrons. The number of hydrogen-bond donors (Lipinski definition) is 1. The average molecular weight is 579 g/mol. The predicted molar refractivity (Wildman–Crippen MR) is 149 cm³/mol. The van der Waals surface area contributed by atoms with Gasteiger partial charge in [0.2, 0.25) is 11.8 Å². The van der Waals surface area contributed by atoms with Crippen molar-refractivity contribution >= 4 is 50.7 Å². The summed E-state index contributed by atoms with van der Waals surface area (Å²) in [4.78, 5) is 27.8. The number of carbonyl (C=O) groups excluding carboxylic acids is 2. The molecule has 0 bridgehead atoms. The summed E-state index contributed by atoms with van der Waals surface area (Å²) in [7, 11) is -1.35. The van der Waals surface area contributed by atoms with Gasteiger partial charge in [0.1, 0.15) is 18.3 Å². The van der Waals surface area contributed by atoms with E-state index in [0.717, 1.165) is 9.87 Å². The van der Waals surface area contributed by atoms with E-state index in [1.165, 1.54) is 31.2 Å². The van der Waals surface area contributed by atoms with Crippen molar-refractivity contribution in [3.8, 4) is 5.75 Å². The fourth-order valence-electron chi connectivity index (χ4n) is 3.87. The van der Waals surface area contributed by atoms with E-state index in [4.69, 9.17) is 27.9 Å². The van der Waals surface area contributed by atoms with Crippen molar-refractivity contribution in [1.29, 1.82) is 0 Å². The fraction of sp³-hybridized carbons (Fsp3) is 0.259. The van der Waals surface area contributed by atoms with Crippen LogP contribution < -0.4 is 14.4 Å². The lowest BCUT2D eigenvalue weighted by Gasteiger charge is -2.32. The third kappa shape index (κ3) is 6.40. The largest absolute Gasteiger partial charge is 0.495 e. The van der Waals surface area contributed by atoms with E-state index >= 15 is 0 Å². The Morgan fingerprint density at radius 3 is 2.21 bits per heavy atom. The van der Waals surface area contributed by atoms with Crippen LogP contribution in [-0.2, 0) is 26.2 Å². The molecular formula is C27H29Cl2N3O5S. The number of nitrogens with one attached hydrogen (secondary N) is 1. The summed E-state index contributed by atoms with van der Waals surface area (Å²) >= 11 is 12.7. The Kier molecular flexibility index (Phi) is 9.65. The van der Waals surface area contributed by atoms with E-state index in [1.807, 2.05) is 0 Å². The van der Waals surface area contributed by atoms with Crippen molar-refractivity contribution in [3.63, 3.8) is 0 Å². The van der Waals surface area contributed by atoms with E-state index < -0.39 is 34.4 Å². The van der Waals surface area contributed by atoms with E-state index in [-0.39, 0.29) is 22.9 Å². The second kappa shape index (κ2) is 12.5. The molecule has 0 fully saturated rings. The first-order valence-corrected chi connectivity index (χ1v) is 13.9. The minimum atomic E-state index is -4.22. The first kappa shape index (κ1) is 29.3. The second-order valence-corrected chi connectivity index (χ2v) is 11.2. The summed E-state index contributed by atoms with van der Waals surface area (Å²) < 4.78 is 34.2. The quantitative estimate of drug-likeness (QED) is 0.378. The third-order valence-corrected chi connectivity index (χ3v) is 8.50. The molecular weight excluding hydrogens is 549 g/mol. The first-order valence-electron chi connectivity index (χ1n) is 11.7. The molecule has 0 aliphatic carbocycles. The zero-order chi connectivity index (χ0) is 28.0. The zero-order valence-corrected chi connectivity index (χ0v) is 23.8. The van der Waals surface area contributed by atoms with E-state index in [0.29, 0.717) is 15.6 Å². The lowest BCUT2D eigenvalue weighted by molar-refractivity contribution is -0.139. The smallest absolute Gasteiger partial charge is 0.264 e. The lowest BCUT2D eigenvalue weighted by atomic mass is 10.1. The van der Waals surface area contributed by atoms with Crippen LogP contribution in [0.1, 0.15) is 18.1 Å². The van der Waals surface area contributed by atoms with Crippen molar-refractivity contribution in [2.24, 2.45) is 0 Å². The summed E-state index contributed by atoms with van der Waals surface area (Å²) in [6.07, 6.45) is 0. The molecule has 0 saturated heterocycles. The minimum absolute atomic E-state index is 0.00333. The average Bonchev–Trinajstić information content (AvgIpc) is 2.91. The number of nitrogens with zero attached hydrogens (tertiary/aromatic N) is 2. The van der Waals surface area contributed by atoms with Crippen molar-refractivity contribution in [3.05, 3.63) is 87.9 Å². The summed E-state index contributed by atoms with van der Waals surface area (Å²) in [5.74, 6) is -0.810. The minimum Gasteiger partial charge on any atom is -0.495 e. The maximum absolute atomic E-state index is 13.9. The highest BCUT2D eigenvalue weighted by Gasteiger charge is 2.34. The van der Waals surface area contributed by atoms with Crippen LogP contribution in [0, 0.1) is 6.92 Å². The number of ether oxygens (including phenoxy) is 1. The Morgan fingerprint density at radius 2 is 1.63 bits per heavy atom. The number of benzene rings is 3. The molecule has 3 rings (SSSR count). The first-order chi connectivity index (χ1) is 18.0. The normalized spacial score (nSPS) is 11.9. The van der Waals surface area contributed by atoms with Gasteiger partial charge in [0.05, 0.1) is 17.7 Å². The number of aryl methyl sites for hydroxylation is 1. The Bertz CT molecular complexity index is 1400. The van der Waals surface area contributed by atoms with Gasteiger partial charge in [0, 0.05) is 29.2 Å². The molecule has 0 aliphatic rings. The summed E-state index contributed by atoms with van der Waals surface area (Å²) in [5.41, 5.74) is 1.39. The van der Waals surface area contributed by atoms with Gasteiger partial charge in [-0.15, -0.1) is 0 Å². The van der Waals surface area contributed by atoms with Crippen LogP contribution in [0.2, 0.25) is 10.0 Å². The highest BCUT2D eigenvalue weighted by Crippen LogP contribution is 2.34. The molecule has 0 spiro atoms. The molecule has 0 unspecified atom stereocenters. The molecule has 0 saturated carbocycles. The molecule has 202 valence electrons. The van der Waals surface area contributed by atoms with Gasteiger partial charge in [-0.3, -0.25) is 13.9 Å². The Balaban J connectivity index is 2.13. The number of anilines is 1. The number of likely N-dealkylation sites (N-methyl/N-ethyl adjacent to an activating group) is 1. The summed E-state index contributed by atoms with van der Waals surface area (Å²) in [5, 5.41) is 3.16. The number of carbonyl (C=O) groups is 2. The van der Waals surface area contributed by atoms with E-state index in [9.17, 15) is 18.0 Å². The van der Waals surface area contributed by atoms with Gasteiger partial charge in [0.15, 0.2) is 0 Å². The number of amides is 2. The zero-order valence-electron chi connectivity index (χ0n) is 21.4. The molecule has 3 aromatic carbocycles. The van der Waals surface area contributed by atoms with E-state index in [1.54, 1.807) is 68.4 Å².